The Balaban J connectivity index is 1.55. The van der Waals surface area contributed by atoms with Crippen molar-refractivity contribution in [3.63, 3.8) is 0 Å². The summed E-state index contributed by atoms with van der Waals surface area (Å²) >= 11 is 5.97. The molecule has 8 heteroatoms. The minimum atomic E-state index is -0.863. The molecule has 1 amide bonds. The molecule has 2 aromatic heterocycles. The van der Waals surface area contributed by atoms with Gasteiger partial charge in [0.25, 0.3) is 0 Å². The normalized spacial score (nSPS) is 16.3. The number of hydrogen-bond acceptors (Lipinski definition) is 5. The van der Waals surface area contributed by atoms with Gasteiger partial charge in [-0.2, -0.15) is 9.50 Å². The number of benzene rings is 1. The Bertz CT molecular complexity index is 994. The number of halogens is 1. The smallest absolute Gasteiger partial charge is 0.249 e. The van der Waals surface area contributed by atoms with E-state index in [4.69, 9.17) is 11.6 Å². The van der Waals surface area contributed by atoms with Crippen molar-refractivity contribution in [1.29, 1.82) is 0 Å². The van der Waals surface area contributed by atoms with Gasteiger partial charge in [-0.05, 0) is 42.7 Å². The third-order valence-corrected chi connectivity index (χ3v) is 5.46. The van der Waals surface area contributed by atoms with Crippen molar-refractivity contribution >= 4 is 34.9 Å². The Morgan fingerprint density at radius 1 is 1.21 bits per heavy atom. The molecular weight excluding hydrogens is 378 g/mol. The van der Waals surface area contributed by atoms with E-state index in [-0.39, 0.29) is 5.91 Å². The van der Waals surface area contributed by atoms with E-state index < -0.39 is 5.60 Å². The Morgan fingerprint density at radius 2 is 1.93 bits per heavy atom. The lowest BCUT2D eigenvalue weighted by molar-refractivity contribution is -0.115. The number of pyridine rings is 1. The van der Waals surface area contributed by atoms with E-state index in [2.05, 4.69) is 20.3 Å². The largest absolute Gasteiger partial charge is 0.385 e. The van der Waals surface area contributed by atoms with E-state index in [0.29, 0.717) is 49.0 Å². The van der Waals surface area contributed by atoms with Gasteiger partial charge in [0.15, 0.2) is 5.65 Å². The second-order valence-electron chi connectivity index (χ2n) is 7.02. The highest BCUT2D eigenvalue weighted by atomic mass is 35.5. The molecule has 2 N–H and O–H groups in total. The summed E-state index contributed by atoms with van der Waals surface area (Å²) in [4.78, 5) is 18.2. The van der Waals surface area contributed by atoms with Gasteiger partial charge in [-0.25, -0.2) is 0 Å². The molecule has 146 valence electrons. The first-order chi connectivity index (χ1) is 13.5. The van der Waals surface area contributed by atoms with E-state index in [1.807, 2.05) is 42.5 Å². The zero-order valence-electron chi connectivity index (χ0n) is 15.6. The number of hydrogen-bond donors (Lipinski definition) is 2. The van der Waals surface area contributed by atoms with Gasteiger partial charge in [0.05, 0.1) is 5.60 Å². The van der Waals surface area contributed by atoms with Gasteiger partial charge in [-0.1, -0.05) is 36.7 Å². The fourth-order valence-electron chi connectivity index (χ4n) is 3.55. The first-order valence-electron chi connectivity index (χ1n) is 9.37. The number of aliphatic hydroxyl groups is 1. The molecule has 7 nitrogen and oxygen atoms in total. The van der Waals surface area contributed by atoms with Crippen LogP contribution in [0.25, 0.3) is 5.65 Å². The number of nitrogens with one attached hydrogen (secondary N) is 1. The number of anilines is 2. The standard InChI is InChI=1S/C20H22ClN5O2/c1-2-17(27)23-19-22-16-4-3-5-18(26(16)24-19)25-12-10-20(28,11-13-25)14-6-8-15(21)9-7-14/h3-9,28H,2,10-13H2,1H3,(H,23,24,27). The molecule has 1 aromatic carbocycles. The molecule has 0 bridgehead atoms. The highest BCUT2D eigenvalue weighted by Gasteiger charge is 2.34. The summed E-state index contributed by atoms with van der Waals surface area (Å²) in [7, 11) is 0. The number of carbonyl (C=O) groups is 1. The van der Waals surface area contributed by atoms with Crippen LogP contribution in [-0.4, -0.2) is 38.7 Å². The van der Waals surface area contributed by atoms with E-state index >= 15 is 0 Å². The first-order valence-corrected chi connectivity index (χ1v) is 9.75. The Morgan fingerprint density at radius 3 is 2.61 bits per heavy atom. The van der Waals surface area contributed by atoms with Crippen LogP contribution in [0.3, 0.4) is 0 Å². The number of piperidine rings is 1. The van der Waals surface area contributed by atoms with Crippen LogP contribution >= 0.6 is 11.6 Å². The summed E-state index contributed by atoms with van der Waals surface area (Å²) in [5.74, 6) is 1.07. The molecule has 0 unspecified atom stereocenters. The van der Waals surface area contributed by atoms with Crippen LogP contribution in [0.4, 0.5) is 11.8 Å². The molecule has 0 aliphatic carbocycles. The van der Waals surface area contributed by atoms with Gasteiger partial charge in [0.1, 0.15) is 5.82 Å². The topological polar surface area (TPSA) is 82.8 Å². The molecule has 0 spiro atoms. The van der Waals surface area contributed by atoms with Crippen LogP contribution in [0.5, 0.6) is 0 Å². The van der Waals surface area contributed by atoms with Crippen LogP contribution in [0.2, 0.25) is 5.02 Å². The Labute approximate surface area is 167 Å². The van der Waals surface area contributed by atoms with Crippen LogP contribution in [0.15, 0.2) is 42.5 Å². The van der Waals surface area contributed by atoms with Crippen LogP contribution in [0, 0.1) is 0 Å². The van der Waals surface area contributed by atoms with Crippen molar-refractivity contribution in [3.05, 3.63) is 53.1 Å². The first kappa shape index (κ1) is 18.7. The fourth-order valence-corrected chi connectivity index (χ4v) is 3.68. The minimum Gasteiger partial charge on any atom is -0.385 e. The Hall–Kier alpha value is -2.64. The number of nitrogens with zero attached hydrogens (tertiary/aromatic N) is 4. The average Bonchev–Trinajstić information content (AvgIpc) is 3.11. The van der Waals surface area contributed by atoms with Gasteiger partial charge in [0.2, 0.25) is 11.9 Å². The second kappa shape index (κ2) is 7.41. The lowest BCUT2D eigenvalue weighted by atomic mass is 9.84. The molecule has 1 aliphatic heterocycles. The summed E-state index contributed by atoms with van der Waals surface area (Å²) < 4.78 is 1.73. The lowest BCUT2D eigenvalue weighted by Crippen LogP contribution is -2.43. The zero-order chi connectivity index (χ0) is 19.7. The van der Waals surface area contributed by atoms with Gasteiger partial charge >= 0.3 is 0 Å². The monoisotopic (exact) mass is 399 g/mol. The van der Waals surface area contributed by atoms with E-state index in [0.717, 1.165) is 11.4 Å². The van der Waals surface area contributed by atoms with Crippen LogP contribution in [-0.2, 0) is 10.4 Å². The second-order valence-corrected chi connectivity index (χ2v) is 7.45. The molecule has 3 heterocycles. The van der Waals surface area contributed by atoms with E-state index in [1.54, 1.807) is 11.4 Å². The molecule has 1 saturated heterocycles. The number of amides is 1. The summed E-state index contributed by atoms with van der Waals surface area (Å²) in [5, 5.41) is 18.9. The predicted molar refractivity (Wildman–Crippen MR) is 109 cm³/mol. The van der Waals surface area contributed by atoms with Crippen molar-refractivity contribution in [2.45, 2.75) is 31.8 Å². The van der Waals surface area contributed by atoms with E-state index in [1.165, 1.54) is 0 Å². The molecule has 4 rings (SSSR count). The number of carbonyl (C=O) groups excluding carboxylic acids is 1. The van der Waals surface area contributed by atoms with Crippen molar-refractivity contribution in [3.8, 4) is 0 Å². The maximum Gasteiger partial charge on any atom is 0.249 e. The molecule has 0 saturated carbocycles. The summed E-state index contributed by atoms with van der Waals surface area (Å²) in [6.45, 7) is 3.13. The maximum atomic E-state index is 11.6. The molecule has 28 heavy (non-hydrogen) atoms. The van der Waals surface area contributed by atoms with Gasteiger partial charge in [-0.3, -0.25) is 10.1 Å². The summed E-state index contributed by atoms with van der Waals surface area (Å²) in [6.07, 6.45) is 1.57. The molecule has 3 aromatic rings. The van der Waals surface area contributed by atoms with Crippen molar-refractivity contribution in [1.82, 2.24) is 14.6 Å². The number of rotatable bonds is 4. The molecular formula is C20H22ClN5O2. The summed E-state index contributed by atoms with van der Waals surface area (Å²) in [6, 6.07) is 13.1. The molecule has 0 radical (unpaired) electrons. The van der Waals surface area contributed by atoms with Gasteiger partial charge < -0.3 is 10.0 Å². The third-order valence-electron chi connectivity index (χ3n) is 5.21. The minimum absolute atomic E-state index is 0.122. The highest BCUT2D eigenvalue weighted by molar-refractivity contribution is 6.30. The van der Waals surface area contributed by atoms with Gasteiger partial charge in [0, 0.05) is 24.5 Å². The van der Waals surface area contributed by atoms with Crippen LogP contribution < -0.4 is 10.2 Å². The van der Waals surface area contributed by atoms with Crippen molar-refractivity contribution in [2.24, 2.45) is 0 Å². The van der Waals surface area contributed by atoms with Crippen molar-refractivity contribution in [2.75, 3.05) is 23.3 Å². The maximum absolute atomic E-state index is 11.6. The predicted octanol–water partition coefficient (Wildman–Crippen LogP) is 3.22. The van der Waals surface area contributed by atoms with Gasteiger partial charge in [-0.15, -0.1) is 5.10 Å². The summed E-state index contributed by atoms with van der Waals surface area (Å²) in [5.41, 5.74) is 0.694. The molecule has 1 fully saturated rings. The Kier molecular flexibility index (Phi) is 4.95. The SMILES string of the molecule is CCC(=O)Nc1nc2cccc(N3CCC(O)(c4ccc(Cl)cc4)CC3)n2n1. The number of fused-ring (bicyclic) bond motifs is 1. The van der Waals surface area contributed by atoms with Crippen molar-refractivity contribution < 1.29 is 9.90 Å². The average molecular weight is 400 g/mol. The highest BCUT2D eigenvalue weighted by Crippen LogP contribution is 2.35. The third kappa shape index (κ3) is 3.55. The lowest BCUT2D eigenvalue weighted by Gasteiger charge is -2.39. The quantitative estimate of drug-likeness (QED) is 0.703. The molecule has 1 aliphatic rings. The van der Waals surface area contributed by atoms with Crippen LogP contribution in [0.1, 0.15) is 31.7 Å². The zero-order valence-corrected chi connectivity index (χ0v) is 16.4. The number of aromatic nitrogens is 3. The fraction of sp³-hybridized carbons (Fsp3) is 0.350. The molecule has 0 atom stereocenters. The van der Waals surface area contributed by atoms with E-state index in [9.17, 15) is 9.90 Å².